The second-order valence-corrected chi connectivity index (χ2v) is 13.4. The van der Waals surface area contributed by atoms with Crippen LogP contribution in [0.4, 0.5) is 13.6 Å². The number of urea groups is 1. The van der Waals surface area contributed by atoms with E-state index in [1.165, 1.54) is 18.1 Å². The summed E-state index contributed by atoms with van der Waals surface area (Å²) in [6.07, 6.45) is 11.2. The topological polar surface area (TPSA) is 76.1 Å². The maximum atomic E-state index is 13.7. The van der Waals surface area contributed by atoms with Gasteiger partial charge in [0.05, 0.1) is 0 Å². The van der Waals surface area contributed by atoms with E-state index in [-0.39, 0.29) is 30.6 Å². The first-order valence-electron chi connectivity index (χ1n) is 17.1. The van der Waals surface area contributed by atoms with Crippen LogP contribution in [-0.4, -0.2) is 83.2 Å². The minimum atomic E-state index is -0.912. The summed E-state index contributed by atoms with van der Waals surface area (Å²) in [5.74, 6) is -1.72. The summed E-state index contributed by atoms with van der Waals surface area (Å²) >= 11 is 0. The van der Waals surface area contributed by atoms with E-state index < -0.39 is 17.6 Å². The lowest BCUT2D eigenvalue weighted by atomic mass is 9.83. The first-order chi connectivity index (χ1) is 21.9. The number of hydrogen-bond acceptors (Lipinski definition) is 4. The Hall–Kier alpha value is -3.04. The standard InChI is InChI=1S/C36H50F2N4O3/c37-32-15-14-28(23-33(32)38)24-39-36(45)42(19-8-7-11-27-9-3-1-4-10-27)31-17-20-40(21-18-31)25-29-16-22-41(26-29)34(35(43)44)30-12-5-2-6-13-30/h1,3-4,9-10,14-15,23,29-31,34H,2,5-8,11-13,16-22,24-26H2,(H,39,45)(H,43,44)/t29?,34-/m1/s1. The van der Waals surface area contributed by atoms with E-state index in [0.717, 1.165) is 109 Å². The molecule has 2 saturated heterocycles. The fraction of sp³-hybridized carbons (Fsp3) is 0.611. The molecule has 1 unspecified atom stereocenters. The van der Waals surface area contributed by atoms with Crippen LogP contribution in [0, 0.1) is 23.5 Å². The predicted octanol–water partition coefficient (Wildman–Crippen LogP) is 6.32. The molecule has 1 aliphatic carbocycles. The Labute approximate surface area is 267 Å². The van der Waals surface area contributed by atoms with Crippen LogP contribution >= 0.6 is 0 Å². The molecule has 5 rings (SSSR count). The number of carbonyl (C=O) groups excluding carboxylic acids is 1. The van der Waals surface area contributed by atoms with Gasteiger partial charge in [-0.15, -0.1) is 0 Å². The molecule has 2 N–H and O–H groups in total. The zero-order valence-electron chi connectivity index (χ0n) is 26.5. The van der Waals surface area contributed by atoms with E-state index in [9.17, 15) is 23.5 Å². The minimum absolute atomic E-state index is 0.116. The van der Waals surface area contributed by atoms with Crippen molar-refractivity contribution in [1.82, 2.24) is 20.0 Å². The van der Waals surface area contributed by atoms with Crippen molar-refractivity contribution in [2.45, 2.75) is 89.3 Å². The van der Waals surface area contributed by atoms with Gasteiger partial charge in [0.15, 0.2) is 11.6 Å². The predicted molar refractivity (Wildman–Crippen MR) is 172 cm³/mol. The molecular weight excluding hydrogens is 574 g/mol. The molecule has 0 aromatic heterocycles. The Morgan fingerprint density at radius 2 is 1.64 bits per heavy atom. The molecule has 3 fully saturated rings. The van der Waals surface area contributed by atoms with Crippen molar-refractivity contribution in [1.29, 1.82) is 0 Å². The Morgan fingerprint density at radius 3 is 2.36 bits per heavy atom. The molecule has 2 amide bonds. The zero-order valence-corrected chi connectivity index (χ0v) is 26.5. The number of carboxylic acids is 1. The van der Waals surface area contributed by atoms with Gasteiger partial charge < -0.3 is 20.2 Å². The van der Waals surface area contributed by atoms with Gasteiger partial charge in [-0.1, -0.05) is 55.7 Å². The molecule has 45 heavy (non-hydrogen) atoms. The van der Waals surface area contributed by atoms with E-state index >= 15 is 0 Å². The van der Waals surface area contributed by atoms with E-state index in [1.807, 2.05) is 23.1 Å². The summed E-state index contributed by atoms with van der Waals surface area (Å²) in [5, 5.41) is 13.0. The first kappa shape index (κ1) is 33.3. The Balaban J connectivity index is 1.12. The van der Waals surface area contributed by atoms with Crippen LogP contribution in [0.2, 0.25) is 0 Å². The van der Waals surface area contributed by atoms with Crippen molar-refractivity contribution in [2.24, 2.45) is 11.8 Å². The van der Waals surface area contributed by atoms with E-state index in [0.29, 0.717) is 18.0 Å². The number of carboxylic acid groups (broad SMARTS) is 1. The number of likely N-dealkylation sites (tertiary alicyclic amines) is 2. The van der Waals surface area contributed by atoms with Gasteiger partial charge in [0.25, 0.3) is 0 Å². The van der Waals surface area contributed by atoms with Crippen molar-refractivity contribution in [3.63, 3.8) is 0 Å². The molecule has 0 radical (unpaired) electrons. The molecular formula is C36H50F2N4O3. The van der Waals surface area contributed by atoms with Gasteiger partial charge >= 0.3 is 12.0 Å². The number of nitrogens with zero attached hydrogens (tertiary/aromatic N) is 3. The summed E-state index contributed by atoms with van der Waals surface area (Å²) in [6.45, 7) is 5.30. The van der Waals surface area contributed by atoms with Crippen molar-refractivity contribution in [2.75, 3.05) is 39.3 Å². The largest absolute Gasteiger partial charge is 0.480 e. The highest BCUT2D eigenvalue weighted by atomic mass is 19.2. The summed E-state index contributed by atoms with van der Waals surface area (Å²) in [5.41, 5.74) is 1.82. The third-order valence-corrected chi connectivity index (χ3v) is 10.2. The maximum absolute atomic E-state index is 13.7. The van der Waals surface area contributed by atoms with Crippen LogP contribution in [0.1, 0.15) is 75.3 Å². The van der Waals surface area contributed by atoms with Gasteiger partial charge in [-0.25, -0.2) is 13.6 Å². The zero-order chi connectivity index (χ0) is 31.6. The van der Waals surface area contributed by atoms with Crippen LogP contribution in [0.25, 0.3) is 0 Å². The number of carbonyl (C=O) groups is 2. The number of rotatable bonds is 13. The van der Waals surface area contributed by atoms with Crippen LogP contribution in [0.5, 0.6) is 0 Å². The van der Waals surface area contributed by atoms with Gasteiger partial charge in [0.2, 0.25) is 0 Å². The molecule has 0 spiro atoms. The average molecular weight is 625 g/mol. The number of aryl methyl sites for hydroxylation is 1. The van der Waals surface area contributed by atoms with Crippen LogP contribution in [0.3, 0.4) is 0 Å². The number of hydrogen-bond donors (Lipinski definition) is 2. The molecule has 2 aromatic rings. The van der Waals surface area contributed by atoms with Crippen LogP contribution in [0.15, 0.2) is 48.5 Å². The van der Waals surface area contributed by atoms with Crippen molar-refractivity contribution < 1.29 is 23.5 Å². The van der Waals surface area contributed by atoms with Crippen molar-refractivity contribution >= 4 is 12.0 Å². The van der Waals surface area contributed by atoms with Gasteiger partial charge in [0, 0.05) is 45.3 Å². The molecule has 1 saturated carbocycles. The molecule has 0 bridgehead atoms. The van der Waals surface area contributed by atoms with Gasteiger partial charge in [-0.2, -0.15) is 0 Å². The lowest BCUT2D eigenvalue weighted by molar-refractivity contribution is -0.145. The quantitative estimate of drug-likeness (QED) is 0.255. The lowest BCUT2D eigenvalue weighted by Crippen LogP contribution is -2.51. The molecule has 2 atom stereocenters. The average Bonchev–Trinajstić information content (AvgIpc) is 3.50. The van der Waals surface area contributed by atoms with Gasteiger partial charge in [0.1, 0.15) is 6.04 Å². The molecule has 2 aliphatic heterocycles. The van der Waals surface area contributed by atoms with Crippen LogP contribution < -0.4 is 5.32 Å². The molecule has 246 valence electrons. The van der Waals surface area contributed by atoms with E-state index in [4.69, 9.17) is 0 Å². The number of nitrogens with one attached hydrogen (secondary N) is 1. The highest BCUT2D eigenvalue weighted by molar-refractivity contribution is 5.74. The maximum Gasteiger partial charge on any atom is 0.321 e. The molecule has 2 heterocycles. The van der Waals surface area contributed by atoms with Crippen molar-refractivity contribution in [3.05, 3.63) is 71.3 Å². The molecule has 3 aliphatic rings. The molecule has 2 aromatic carbocycles. The minimum Gasteiger partial charge on any atom is -0.480 e. The third-order valence-electron chi connectivity index (χ3n) is 10.2. The highest BCUT2D eigenvalue weighted by Crippen LogP contribution is 2.32. The highest BCUT2D eigenvalue weighted by Gasteiger charge is 2.39. The first-order valence-corrected chi connectivity index (χ1v) is 17.1. The summed E-state index contributed by atoms with van der Waals surface area (Å²) in [6, 6.07) is 13.7. The number of benzene rings is 2. The number of amides is 2. The monoisotopic (exact) mass is 624 g/mol. The SMILES string of the molecule is O=C(O)[C@@H](C1CCCCC1)N1CCC(CN2CCC(N(CCCCc3ccccc3)C(=O)NCc3ccc(F)c(F)c3)CC2)C1. The van der Waals surface area contributed by atoms with E-state index in [2.05, 4.69) is 27.2 Å². The van der Waals surface area contributed by atoms with Crippen LogP contribution in [-0.2, 0) is 17.8 Å². The second kappa shape index (κ2) is 16.5. The van der Waals surface area contributed by atoms with Gasteiger partial charge in [-0.05, 0) is 93.0 Å². The number of halogens is 2. The fourth-order valence-electron chi connectivity index (χ4n) is 7.78. The summed E-state index contributed by atoms with van der Waals surface area (Å²) in [4.78, 5) is 32.4. The fourth-order valence-corrected chi connectivity index (χ4v) is 7.78. The second-order valence-electron chi connectivity index (χ2n) is 13.4. The number of aliphatic carboxylic acids is 1. The smallest absolute Gasteiger partial charge is 0.321 e. The Kier molecular flexibility index (Phi) is 12.2. The summed E-state index contributed by atoms with van der Waals surface area (Å²) in [7, 11) is 0. The normalized spacial score (nSPS) is 21.1. The molecule has 9 heteroatoms. The van der Waals surface area contributed by atoms with Crippen molar-refractivity contribution in [3.8, 4) is 0 Å². The van der Waals surface area contributed by atoms with E-state index in [1.54, 1.807) is 0 Å². The molecule has 7 nitrogen and oxygen atoms in total. The number of piperidine rings is 1. The Bertz CT molecular complexity index is 1230. The lowest BCUT2D eigenvalue weighted by Gasteiger charge is -2.39. The summed E-state index contributed by atoms with van der Waals surface area (Å²) < 4.78 is 27.1. The van der Waals surface area contributed by atoms with Gasteiger partial charge in [-0.3, -0.25) is 9.69 Å². The third kappa shape index (κ3) is 9.49. The number of unbranched alkanes of at least 4 members (excludes halogenated alkanes) is 1. The Morgan fingerprint density at radius 1 is 0.889 bits per heavy atom.